The lowest BCUT2D eigenvalue weighted by Gasteiger charge is -2.08. The van der Waals surface area contributed by atoms with Crippen LogP contribution >= 0.6 is 11.8 Å². The van der Waals surface area contributed by atoms with Gasteiger partial charge < -0.3 is 19.3 Å². The van der Waals surface area contributed by atoms with Crippen LogP contribution in [0.1, 0.15) is 6.92 Å². The molecule has 118 valence electrons. The van der Waals surface area contributed by atoms with Gasteiger partial charge in [0, 0.05) is 6.07 Å². The molecule has 1 aromatic rings. The maximum absolute atomic E-state index is 11.9. The number of aliphatic hydroxyl groups is 1. The molecule has 1 N–H and O–H groups in total. The van der Waals surface area contributed by atoms with Crippen molar-refractivity contribution in [2.45, 2.75) is 6.92 Å². The smallest absolute Gasteiger partial charge is 0.344 e. The zero-order chi connectivity index (χ0) is 16.1. The molecule has 7 heteroatoms. The predicted molar refractivity (Wildman–Crippen MR) is 85.4 cm³/mol. The number of esters is 1. The van der Waals surface area contributed by atoms with Crippen LogP contribution in [-0.2, 0) is 9.53 Å². The molecule has 0 spiro atoms. The Labute approximate surface area is 132 Å². The maximum atomic E-state index is 11.9. The summed E-state index contributed by atoms with van der Waals surface area (Å²) in [6, 6.07) is 5.18. The molecule has 0 bridgehead atoms. The van der Waals surface area contributed by atoms with Crippen LogP contribution in [0.4, 0.5) is 5.69 Å². The first-order valence-electron chi connectivity index (χ1n) is 6.63. The number of hydrogen-bond acceptors (Lipinski definition) is 7. The van der Waals surface area contributed by atoms with Crippen molar-refractivity contribution >= 4 is 28.5 Å². The van der Waals surface area contributed by atoms with Gasteiger partial charge in [0.25, 0.3) is 0 Å². The molecule has 1 heterocycles. The number of carbonyl (C=O) groups is 1. The van der Waals surface area contributed by atoms with Gasteiger partial charge in [0.15, 0.2) is 0 Å². The Morgan fingerprint density at radius 3 is 2.77 bits per heavy atom. The molecule has 0 amide bonds. The molecule has 1 aliphatic rings. The molecule has 0 aliphatic carbocycles. The minimum absolute atomic E-state index is 0.0240. The molecule has 0 atom stereocenters. The Bertz CT molecular complexity index is 639. The number of thioether (sulfide) groups is 1. The van der Waals surface area contributed by atoms with Gasteiger partial charge in [-0.2, -0.15) is 0 Å². The van der Waals surface area contributed by atoms with E-state index < -0.39 is 5.97 Å². The van der Waals surface area contributed by atoms with Crippen molar-refractivity contribution in [1.82, 2.24) is 0 Å². The van der Waals surface area contributed by atoms with E-state index >= 15 is 0 Å². The number of nitrogens with zero attached hydrogens (tertiary/aromatic N) is 1. The van der Waals surface area contributed by atoms with Crippen molar-refractivity contribution in [3.63, 3.8) is 0 Å². The molecule has 0 saturated heterocycles. The minimum atomic E-state index is -0.578. The molecule has 0 saturated carbocycles. The SMILES string of the molecule is CCOC(=O)C1=C(O)CSC1=Nc1cc(OC)ccc1OC. The monoisotopic (exact) mass is 323 g/mol. The Kier molecular flexibility index (Phi) is 5.32. The van der Waals surface area contributed by atoms with E-state index in [1.807, 2.05) is 0 Å². The van der Waals surface area contributed by atoms with Crippen molar-refractivity contribution in [2.75, 3.05) is 26.6 Å². The number of hydrogen-bond donors (Lipinski definition) is 1. The summed E-state index contributed by atoms with van der Waals surface area (Å²) in [5.41, 5.74) is 0.623. The average Bonchev–Trinajstić information content (AvgIpc) is 2.88. The largest absolute Gasteiger partial charge is 0.510 e. The van der Waals surface area contributed by atoms with Crippen molar-refractivity contribution in [1.29, 1.82) is 0 Å². The Hall–Kier alpha value is -2.15. The Morgan fingerprint density at radius 1 is 1.36 bits per heavy atom. The highest BCUT2D eigenvalue weighted by Crippen LogP contribution is 2.36. The van der Waals surface area contributed by atoms with E-state index in [0.717, 1.165) is 0 Å². The summed E-state index contributed by atoms with van der Waals surface area (Å²) in [6.07, 6.45) is 0. The Balaban J connectivity index is 2.42. The molecule has 2 rings (SSSR count). The van der Waals surface area contributed by atoms with Crippen LogP contribution in [0, 0.1) is 0 Å². The number of carbonyl (C=O) groups excluding carboxylic acids is 1. The summed E-state index contributed by atoms with van der Waals surface area (Å²) in [5.74, 6) is 0.853. The third-order valence-electron chi connectivity index (χ3n) is 2.94. The molecule has 1 aliphatic heterocycles. The molecule has 6 nitrogen and oxygen atoms in total. The fourth-order valence-electron chi connectivity index (χ4n) is 1.89. The summed E-state index contributed by atoms with van der Waals surface area (Å²) in [6.45, 7) is 1.94. The van der Waals surface area contributed by atoms with Crippen molar-refractivity contribution in [3.05, 3.63) is 29.5 Å². The fraction of sp³-hybridized carbons (Fsp3) is 0.333. The minimum Gasteiger partial charge on any atom is -0.510 e. The highest BCUT2D eigenvalue weighted by atomic mass is 32.2. The number of aliphatic hydroxyl groups excluding tert-OH is 1. The van der Waals surface area contributed by atoms with Crippen LogP contribution in [-0.4, -0.2) is 42.7 Å². The lowest BCUT2D eigenvalue weighted by Crippen LogP contribution is -2.13. The molecular weight excluding hydrogens is 306 g/mol. The molecular formula is C15H17NO5S. The van der Waals surface area contributed by atoms with Crippen LogP contribution in [0.25, 0.3) is 0 Å². The van der Waals surface area contributed by atoms with Gasteiger partial charge in [-0.25, -0.2) is 9.79 Å². The van der Waals surface area contributed by atoms with Crippen molar-refractivity contribution in [2.24, 2.45) is 4.99 Å². The zero-order valence-corrected chi connectivity index (χ0v) is 13.4. The first kappa shape index (κ1) is 16.2. The molecule has 1 aromatic carbocycles. The van der Waals surface area contributed by atoms with Crippen LogP contribution in [0.15, 0.2) is 34.5 Å². The molecule has 0 radical (unpaired) electrons. The van der Waals surface area contributed by atoms with Gasteiger partial charge in [-0.1, -0.05) is 11.8 Å². The van der Waals surface area contributed by atoms with Gasteiger partial charge >= 0.3 is 5.97 Å². The third kappa shape index (κ3) is 3.36. The number of benzene rings is 1. The van der Waals surface area contributed by atoms with Gasteiger partial charge in [-0.3, -0.25) is 0 Å². The summed E-state index contributed by atoms with van der Waals surface area (Å²) in [7, 11) is 3.09. The second kappa shape index (κ2) is 7.22. The van der Waals surface area contributed by atoms with E-state index in [2.05, 4.69) is 4.99 Å². The van der Waals surface area contributed by atoms with E-state index in [1.165, 1.54) is 18.9 Å². The second-order valence-electron chi connectivity index (χ2n) is 4.29. The fourth-order valence-corrected chi connectivity index (χ4v) is 2.82. The number of ether oxygens (including phenoxy) is 3. The summed E-state index contributed by atoms with van der Waals surface area (Å²) in [5, 5.41) is 10.3. The van der Waals surface area contributed by atoms with Gasteiger partial charge in [0.05, 0.1) is 26.6 Å². The summed E-state index contributed by atoms with van der Waals surface area (Å²) >= 11 is 1.27. The number of aliphatic imine (C=N–C) groups is 1. The number of rotatable bonds is 5. The van der Waals surface area contributed by atoms with Crippen LogP contribution in [0.5, 0.6) is 11.5 Å². The second-order valence-corrected chi connectivity index (χ2v) is 5.25. The lowest BCUT2D eigenvalue weighted by molar-refractivity contribution is -0.138. The van der Waals surface area contributed by atoms with E-state index in [9.17, 15) is 9.90 Å². The highest BCUT2D eigenvalue weighted by Gasteiger charge is 2.29. The van der Waals surface area contributed by atoms with E-state index in [1.54, 1.807) is 32.2 Å². The molecule has 0 fully saturated rings. The standard InChI is InChI=1S/C15H17NO5S/c1-4-21-15(18)13-11(17)8-22-14(13)16-10-7-9(19-2)5-6-12(10)20-3/h5-7,17H,4,8H2,1-3H3. The third-order valence-corrected chi connectivity index (χ3v) is 3.92. The van der Waals surface area contributed by atoms with Crippen LogP contribution in [0.3, 0.4) is 0 Å². The van der Waals surface area contributed by atoms with Gasteiger partial charge in [-0.05, 0) is 19.1 Å². The topological polar surface area (TPSA) is 77.4 Å². The first-order valence-corrected chi connectivity index (χ1v) is 7.62. The van der Waals surface area contributed by atoms with E-state index in [0.29, 0.717) is 28.0 Å². The number of methoxy groups -OCH3 is 2. The molecule has 22 heavy (non-hydrogen) atoms. The normalized spacial score (nSPS) is 16.0. The van der Waals surface area contributed by atoms with Gasteiger partial charge in [-0.15, -0.1) is 0 Å². The molecule has 0 aromatic heterocycles. The predicted octanol–water partition coefficient (Wildman–Crippen LogP) is 2.86. The quantitative estimate of drug-likeness (QED) is 0.840. The lowest BCUT2D eigenvalue weighted by atomic mass is 10.2. The summed E-state index contributed by atoms with van der Waals surface area (Å²) < 4.78 is 15.4. The zero-order valence-electron chi connectivity index (χ0n) is 12.6. The van der Waals surface area contributed by atoms with Crippen LogP contribution in [0.2, 0.25) is 0 Å². The highest BCUT2D eigenvalue weighted by molar-refractivity contribution is 8.15. The van der Waals surface area contributed by atoms with E-state index in [-0.39, 0.29) is 17.9 Å². The van der Waals surface area contributed by atoms with Gasteiger partial charge in [0.2, 0.25) is 0 Å². The maximum Gasteiger partial charge on any atom is 0.344 e. The Morgan fingerprint density at radius 2 is 2.14 bits per heavy atom. The van der Waals surface area contributed by atoms with Crippen molar-refractivity contribution in [3.8, 4) is 11.5 Å². The average molecular weight is 323 g/mol. The first-order chi connectivity index (χ1) is 10.6. The molecule has 0 unspecified atom stereocenters. The summed E-state index contributed by atoms with van der Waals surface area (Å²) in [4.78, 5) is 16.4. The van der Waals surface area contributed by atoms with Crippen LogP contribution < -0.4 is 9.47 Å². The van der Waals surface area contributed by atoms with Gasteiger partial charge in [0.1, 0.15) is 33.6 Å². The van der Waals surface area contributed by atoms with Crippen molar-refractivity contribution < 1.29 is 24.1 Å². The van der Waals surface area contributed by atoms with E-state index in [4.69, 9.17) is 14.2 Å².